The van der Waals surface area contributed by atoms with Crippen LogP contribution < -0.4 is 5.32 Å². The summed E-state index contributed by atoms with van der Waals surface area (Å²) < 4.78 is 2.01. The van der Waals surface area contributed by atoms with Crippen LogP contribution >= 0.6 is 0 Å². The average Bonchev–Trinajstić information content (AvgIpc) is 2.86. The third kappa shape index (κ3) is 5.21. The van der Waals surface area contributed by atoms with Gasteiger partial charge in [-0.2, -0.15) is 5.10 Å². The van der Waals surface area contributed by atoms with Crippen molar-refractivity contribution in [2.45, 2.75) is 71.9 Å². The van der Waals surface area contributed by atoms with Crippen molar-refractivity contribution < 1.29 is 0 Å². The topological polar surface area (TPSA) is 29.9 Å². The molecule has 0 amide bonds. The van der Waals surface area contributed by atoms with Gasteiger partial charge in [0.1, 0.15) is 0 Å². The summed E-state index contributed by atoms with van der Waals surface area (Å²) in [5, 5.41) is 7.95. The second-order valence-electron chi connectivity index (χ2n) is 4.94. The van der Waals surface area contributed by atoms with Gasteiger partial charge in [-0.1, -0.05) is 46.0 Å². The number of nitrogens with one attached hydrogen (secondary N) is 1. The summed E-state index contributed by atoms with van der Waals surface area (Å²) in [6.07, 6.45) is 12.2. The van der Waals surface area contributed by atoms with Crippen molar-refractivity contribution in [3.63, 3.8) is 0 Å². The number of rotatable bonds is 10. The zero-order valence-corrected chi connectivity index (χ0v) is 12.3. The molecule has 0 saturated heterocycles. The summed E-state index contributed by atoms with van der Waals surface area (Å²) in [4.78, 5) is 0. The molecule has 0 radical (unpaired) electrons. The van der Waals surface area contributed by atoms with Gasteiger partial charge in [-0.15, -0.1) is 0 Å². The first-order chi connectivity index (χ1) is 8.81. The van der Waals surface area contributed by atoms with Crippen molar-refractivity contribution >= 4 is 0 Å². The molecule has 1 N–H and O–H groups in total. The molecule has 0 fully saturated rings. The molecule has 0 aliphatic carbocycles. The number of hydrogen-bond donors (Lipinski definition) is 1. The third-order valence-electron chi connectivity index (χ3n) is 3.43. The number of aromatic nitrogens is 2. The van der Waals surface area contributed by atoms with E-state index < -0.39 is 0 Å². The van der Waals surface area contributed by atoms with E-state index in [9.17, 15) is 0 Å². The molecule has 0 saturated carbocycles. The molecule has 18 heavy (non-hydrogen) atoms. The Hall–Kier alpha value is -0.830. The van der Waals surface area contributed by atoms with E-state index in [1.165, 1.54) is 44.1 Å². The van der Waals surface area contributed by atoms with Crippen LogP contribution in [0, 0.1) is 0 Å². The van der Waals surface area contributed by atoms with E-state index in [4.69, 9.17) is 0 Å². The maximum absolute atomic E-state index is 4.37. The molecule has 0 bridgehead atoms. The third-order valence-corrected chi connectivity index (χ3v) is 3.43. The van der Waals surface area contributed by atoms with Gasteiger partial charge in [0.05, 0.1) is 6.20 Å². The lowest BCUT2D eigenvalue weighted by molar-refractivity contribution is 0.478. The summed E-state index contributed by atoms with van der Waals surface area (Å²) >= 11 is 0. The Morgan fingerprint density at radius 1 is 1.17 bits per heavy atom. The largest absolute Gasteiger partial charge is 0.310 e. The van der Waals surface area contributed by atoms with Crippen molar-refractivity contribution in [3.8, 4) is 0 Å². The van der Waals surface area contributed by atoms with Crippen LogP contribution in [-0.4, -0.2) is 16.3 Å². The predicted molar refractivity (Wildman–Crippen MR) is 77.7 cm³/mol. The molecule has 1 atom stereocenters. The zero-order valence-electron chi connectivity index (χ0n) is 12.3. The smallest absolute Gasteiger partial charge is 0.0537 e. The minimum atomic E-state index is 0.483. The highest BCUT2D eigenvalue weighted by molar-refractivity contribution is 5.10. The summed E-state index contributed by atoms with van der Waals surface area (Å²) in [5.74, 6) is 0. The summed E-state index contributed by atoms with van der Waals surface area (Å²) in [7, 11) is 0. The molecule has 0 aromatic carbocycles. The van der Waals surface area contributed by atoms with Crippen LogP contribution in [0.4, 0.5) is 0 Å². The minimum absolute atomic E-state index is 0.483. The molecule has 104 valence electrons. The molecule has 1 heterocycles. The van der Waals surface area contributed by atoms with Gasteiger partial charge in [0.15, 0.2) is 0 Å². The summed E-state index contributed by atoms with van der Waals surface area (Å²) in [6.45, 7) is 8.55. The predicted octanol–water partition coefficient (Wildman–Crippen LogP) is 3.91. The van der Waals surface area contributed by atoms with Crippen LogP contribution in [0.3, 0.4) is 0 Å². The fraction of sp³-hybridized carbons (Fsp3) is 0.800. The molecule has 3 nitrogen and oxygen atoms in total. The Bertz CT molecular complexity index is 306. The van der Waals surface area contributed by atoms with Gasteiger partial charge in [0.25, 0.3) is 0 Å². The van der Waals surface area contributed by atoms with E-state index in [1.807, 2.05) is 10.9 Å². The Morgan fingerprint density at radius 2 is 1.94 bits per heavy atom. The lowest BCUT2D eigenvalue weighted by Crippen LogP contribution is -2.20. The number of unbranched alkanes of at least 4 members (excludes halogenated alkanes) is 4. The molecule has 0 aliphatic heterocycles. The molecule has 1 aromatic heterocycles. The molecule has 0 spiro atoms. The van der Waals surface area contributed by atoms with Crippen LogP contribution in [0.25, 0.3) is 0 Å². The maximum atomic E-state index is 4.37. The molecule has 1 rings (SSSR count). The first-order valence-corrected chi connectivity index (χ1v) is 7.57. The Labute approximate surface area is 112 Å². The van der Waals surface area contributed by atoms with Crippen LogP contribution in [-0.2, 0) is 6.54 Å². The summed E-state index contributed by atoms with van der Waals surface area (Å²) in [6, 6.07) is 0.483. The highest BCUT2D eigenvalue weighted by Crippen LogP contribution is 2.19. The van der Waals surface area contributed by atoms with Gasteiger partial charge in [-0.25, -0.2) is 0 Å². The van der Waals surface area contributed by atoms with Crippen LogP contribution in [0.2, 0.25) is 0 Å². The quantitative estimate of drug-likeness (QED) is 0.639. The van der Waals surface area contributed by atoms with Gasteiger partial charge in [0, 0.05) is 24.3 Å². The van der Waals surface area contributed by atoms with Crippen molar-refractivity contribution in [3.05, 3.63) is 18.0 Å². The fourth-order valence-electron chi connectivity index (χ4n) is 2.32. The minimum Gasteiger partial charge on any atom is -0.310 e. The molecule has 1 unspecified atom stereocenters. The van der Waals surface area contributed by atoms with Gasteiger partial charge >= 0.3 is 0 Å². The standard InChI is InChI=1S/C15H29N3/c1-4-7-8-9-10-11-15(16-5-2)14-12-17-18(6-3)13-14/h12-13,15-16H,4-11H2,1-3H3. The second-order valence-corrected chi connectivity index (χ2v) is 4.94. The Balaban J connectivity index is 2.38. The Kier molecular flexibility index (Phi) is 7.74. The van der Waals surface area contributed by atoms with Crippen LogP contribution in [0.15, 0.2) is 12.4 Å². The molecule has 0 aliphatic rings. The Morgan fingerprint density at radius 3 is 2.56 bits per heavy atom. The van der Waals surface area contributed by atoms with E-state index in [-0.39, 0.29) is 0 Å². The van der Waals surface area contributed by atoms with Gasteiger partial charge in [0.2, 0.25) is 0 Å². The van der Waals surface area contributed by atoms with Crippen molar-refractivity contribution in [2.75, 3.05) is 6.54 Å². The van der Waals surface area contributed by atoms with E-state index in [1.54, 1.807) is 0 Å². The highest BCUT2D eigenvalue weighted by atomic mass is 15.3. The van der Waals surface area contributed by atoms with Gasteiger partial charge < -0.3 is 5.32 Å². The first kappa shape index (κ1) is 15.2. The van der Waals surface area contributed by atoms with Gasteiger partial charge in [-0.3, -0.25) is 4.68 Å². The number of hydrogen-bond acceptors (Lipinski definition) is 2. The molecule has 3 heteroatoms. The van der Waals surface area contributed by atoms with Crippen LogP contribution in [0.1, 0.15) is 70.9 Å². The molecule has 1 aromatic rings. The van der Waals surface area contributed by atoms with Crippen molar-refractivity contribution in [1.82, 2.24) is 15.1 Å². The second kappa shape index (κ2) is 9.15. The lowest BCUT2D eigenvalue weighted by Gasteiger charge is -2.16. The SMILES string of the molecule is CCCCCCCC(NCC)c1cnn(CC)c1. The van der Waals surface area contributed by atoms with Crippen molar-refractivity contribution in [2.24, 2.45) is 0 Å². The van der Waals surface area contributed by atoms with E-state index in [0.29, 0.717) is 6.04 Å². The van der Waals surface area contributed by atoms with Crippen molar-refractivity contribution in [1.29, 1.82) is 0 Å². The molecular weight excluding hydrogens is 222 g/mol. The monoisotopic (exact) mass is 251 g/mol. The lowest BCUT2D eigenvalue weighted by atomic mass is 10.0. The average molecular weight is 251 g/mol. The summed E-state index contributed by atoms with van der Waals surface area (Å²) in [5.41, 5.74) is 1.34. The number of nitrogens with zero attached hydrogens (tertiary/aromatic N) is 2. The zero-order chi connectivity index (χ0) is 13.2. The normalized spacial score (nSPS) is 12.8. The maximum Gasteiger partial charge on any atom is 0.0537 e. The van der Waals surface area contributed by atoms with E-state index in [2.05, 4.69) is 37.4 Å². The van der Waals surface area contributed by atoms with E-state index in [0.717, 1.165) is 13.1 Å². The van der Waals surface area contributed by atoms with E-state index >= 15 is 0 Å². The number of aryl methyl sites for hydroxylation is 1. The highest BCUT2D eigenvalue weighted by Gasteiger charge is 2.11. The van der Waals surface area contributed by atoms with Crippen LogP contribution in [0.5, 0.6) is 0 Å². The van der Waals surface area contributed by atoms with Gasteiger partial charge in [-0.05, 0) is 19.9 Å². The fourth-order valence-corrected chi connectivity index (χ4v) is 2.32. The first-order valence-electron chi connectivity index (χ1n) is 7.57. The molecular formula is C15H29N3.